The molecule has 0 unspecified atom stereocenters. The molecule has 2 saturated heterocycles. The molecular formula is C25H35ClN4O5S2. The summed E-state index contributed by atoms with van der Waals surface area (Å²) in [6, 6.07) is 2.41. The Morgan fingerprint density at radius 1 is 1.08 bits per heavy atom. The molecule has 3 amide bonds. The molecule has 0 bridgehead atoms. The molecule has 2 atom stereocenters. The van der Waals surface area contributed by atoms with E-state index in [2.05, 4.69) is 10.0 Å². The number of amides is 3. The van der Waals surface area contributed by atoms with Crippen molar-refractivity contribution in [3.05, 3.63) is 26.8 Å². The van der Waals surface area contributed by atoms with Gasteiger partial charge in [-0.05, 0) is 62.7 Å². The van der Waals surface area contributed by atoms with Crippen molar-refractivity contribution >= 4 is 56.8 Å². The van der Waals surface area contributed by atoms with E-state index in [0.717, 1.165) is 31.1 Å². The quantitative estimate of drug-likeness (QED) is 0.449. The first kappa shape index (κ1) is 28.1. The van der Waals surface area contributed by atoms with Crippen molar-refractivity contribution in [2.75, 3.05) is 26.2 Å². The lowest BCUT2D eigenvalue weighted by Gasteiger charge is -2.34. The maximum Gasteiger partial charge on any atom is 0.242 e. The van der Waals surface area contributed by atoms with Crippen LogP contribution < -0.4 is 10.0 Å². The van der Waals surface area contributed by atoms with E-state index in [1.54, 1.807) is 17.0 Å². The summed E-state index contributed by atoms with van der Waals surface area (Å²) in [7, 11) is -3.85. The van der Waals surface area contributed by atoms with Crippen molar-refractivity contribution in [3.63, 3.8) is 0 Å². The minimum atomic E-state index is -3.85. The lowest BCUT2D eigenvalue weighted by atomic mass is 10.0. The van der Waals surface area contributed by atoms with Crippen molar-refractivity contribution in [2.45, 2.75) is 69.9 Å². The van der Waals surface area contributed by atoms with Crippen LogP contribution in [0.15, 0.2) is 17.5 Å². The highest BCUT2D eigenvalue weighted by molar-refractivity contribution is 7.92. The molecular weight excluding hydrogens is 536 g/mol. The number of hydrogen-bond acceptors (Lipinski definition) is 6. The Hall–Kier alpha value is -1.95. The minimum absolute atomic E-state index is 0.0451. The zero-order valence-electron chi connectivity index (χ0n) is 20.9. The second-order valence-electron chi connectivity index (χ2n) is 10.1. The molecule has 1 saturated carbocycles. The van der Waals surface area contributed by atoms with Crippen LogP contribution in [0.5, 0.6) is 0 Å². The molecule has 1 aromatic rings. The van der Waals surface area contributed by atoms with Crippen LogP contribution in [0, 0.1) is 5.92 Å². The van der Waals surface area contributed by atoms with E-state index in [1.807, 2.05) is 0 Å². The number of sulfonamides is 1. The average molecular weight is 571 g/mol. The number of halogens is 1. The SMILES string of the molecule is O=C(CC1CCCC1)NC[C@H]1CCCN1C(=O)CN1CCC[C@H](NS(=O)(=O)/C=C/c2ccc(Cl)s2)C1=O. The standard InChI is InChI=1S/C25H35ClN4O5S2/c26-22-10-9-20(36-22)11-14-37(34,35)28-21-8-4-12-29(25(21)33)17-24(32)30-13-3-7-19(30)16-27-23(31)15-18-5-1-2-6-18/h9-11,14,18-19,21,28H,1-8,12-13,15-17H2,(H,27,31)/b14-11+/t19-,21+/m1/s1. The van der Waals surface area contributed by atoms with Gasteiger partial charge in [-0.3, -0.25) is 14.4 Å². The van der Waals surface area contributed by atoms with Gasteiger partial charge in [-0.1, -0.05) is 24.4 Å². The van der Waals surface area contributed by atoms with E-state index in [0.29, 0.717) is 54.0 Å². The predicted octanol–water partition coefficient (Wildman–Crippen LogP) is 2.97. The van der Waals surface area contributed by atoms with Crippen LogP contribution in [0.3, 0.4) is 0 Å². The first-order chi connectivity index (χ1) is 17.7. The molecule has 4 rings (SSSR count). The van der Waals surface area contributed by atoms with Crippen LogP contribution in [0.25, 0.3) is 6.08 Å². The van der Waals surface area contributed by atoms with Crippen LogP contribution in [0.1, 0.15) is 62.7 Å². The minimum Gasteiger partial charge on any atom is -0.354 e. The molecule has 12 heteroatoms. The zero-order valence-corrected chi connectivity index (χ0v) is 23.3. The summed E-state index contributed by atoms with van der Waals surface area (Å²) in [5.74, 6) is -0.0412. The Morgan fingerprint density at radius 2 is 1.84 bits per heavy atom. The Balaban J connectivity index is 1.27. The third kappa shape index (κ3) is 8.02. The third-order valence-electron chi connectivity index (χ3n) is 7.35. The molecule has 204 valence electrons. The highest BCUT2D eigenvalue weighted by atomic mass is 35.5. The Morgan fingerprint density at radius 3 is 2.57 bits per heavy atom. The fourth-order valence-corrected chi connectivity index (χ4v) is 7.50. The van der Waals surface area contributed by atoms with E-state index in [9.17, 15) is 22.8 Å². The van der Waals surface area contributed by atoms with Gasteiger partial charge in [0, 0.05) is 42.4 Å². The molecule has 37 heavy (non-hydrogen) atoms. The zero-order chi connectivity index (χ0) is 26.4. The molecule has 3 aliphatic rings. The van der Waals surface area contributed by atoms with Crippen molar-refractivity contribution in [3.8, 4) is 0 Å². The largest absolute Gasteiger partial charge is 0.354 e. The van der Waals surface area contributed by atoms with Gasteiger partial charge in [0.2, 0.25) is 27.7 Å². The topological polar surface area (TPSA) is 116 Å². The average Bonchev–Trinajstić information content (AvgIpc) is 3.61. The fourth-order valence-electron chi connectivity index (χ4n) is 5.43. The number of carbonyl (C=O) groups is 3. The van der Waals surface area contributed by atoms with Gasteiger partial charge in [0.1, 0.15) is 6.04 Å². The highest BCUT2D eigenvalue weighted by Gasteiger charge is 2.35. The van der Waals surface area contributed by atoms with Gasteiger partial charge < -0.3 is 15.1 Å². The van der Waals surface area contributed by atoms with Gasteiger partial charge in [-0.25, -0.2) is 8.42 Å². The molecule has 1 aromatic heterocycles. The lowest BCUT2D eigenvalue weighted by molar-refractivity contribution is -0.143. The molecule has 0 aromatic carbocycles. The van der Waals surface area contributed by atoms with E-state index in [1.165, 1.54) is 35.2 Å². The molecule has 2 N–H and O–H groups in total. The van der Waals surface area contributed by atoms with Crippen LogP contribution >= 0.6 is 22.9 Å². The summed E-state index contributed by atoms with van der Waals surface area (Å²) in [5, 5.41) is 4.03. The van der Waals surface area contributed by atoms with Gasteiger partial charge in [0.25, 0.3) is 0 Å². The second kappa shape index (κ2) is 12.7. The number of carbonyl (C=O) groups excluding carboxylic acids is 3. The third-order valence-corrected chi connectivity index (χ3v) is 9.65. The van der Waals surface area contributed by atoms with Crippen LogP contribution in [0.2, 0.25) is 4.34 Å². The molecule has 9 nitrogen and oxygen atoms in total. The number of nitrogens with zero attached hydrogens (tertiary/aromatic N) is 2. The summed E-state index contributed by atoms with van der Waals surface area (Å²) in [5.41, 5.74) is 0. The number of nitrogens with one attached hydrogen (secondary N) is 2. The first-order valence-electron chi connectivity index (χ1n) is 13.0. The van der Waals surface area contributed by atoms with E-state index in [4.69, 9.17) is 11.6 Å². The normalized spacial score (nSPS) is 23.3. The van der Waals surface area contributed by atoms with Crippen molar-refractivity contribution in [1.82, 2.24) is 19.8 Å². The van der Waals surface area contributed by atoms with Gasteiger partial charge in [-0.2, -0.15) is 4.72 Å². The summed E-state index contributed by atoms with van der Waals surface area (Å²) >= 11 is 7.13. The van der Waals surface area contributed by atoms with Gasteiger partial charge in [-0.15, -0.1) is 11.3 Å². The van der Waals surface area contributed by atoms with Crippen molar-refractivity contribution in [1.29, 1.82) is 0 Å². The summed E-state index contributed by atoms with van der Waals surface area (Å²) in [4.78, 5) is 42.4. The Kier molecular flexibility index (Phi) is 9.66. The number of likely N-dealkylation sites (tertiary alicyclic amines) is 2. The highest BCUT2D eigenvalue weighted by Crippen LogP contribution is 2.27. The van der Waals surface area contributed by atoms with Crippen LogP contribution in [0.4, 0.5) is 0 Å². The molecule has 3 fully saturated rings. The fraction of sp³-hybridized carbons (Fsp3) is 0.640. The predicted molar refractivity (Wildman–Crippen MR) is 144 cm³/mol. The number of hydrogen-bond donors (Lipinski definition) is 2. The van der Waals surface area contributed by atoms with E-state index >= 15 is 0 Å². The maximum atomic E-state index is 13.1. The summed E-state index contributed by atoms with van der Waals surface area (Å²) < 4.78 is 28.1. The summed E-state index contributed by atoms with van der Waals surface area (Å²) in [6.45, 7) is 1.34. The molecule has 2 aliphatic heterocycles. The number of piperidine rings is 1. The van der Waals surface area contributed by atoms with E-state index in [-0.39, 0.29) is 24.4 Å². The van der Waals surface area contributed by atoms with E-state index < -0.39 is 22.0 Å². The molecule has 3 heterocycles. The maximum absolute atomic E-state index is 13.1. The van der Waals surface area contributed by atoms with Gasteiger partial charge in [0.05, 0.1) is 10.9 Å². The smallest absolute Gasteiger partial charge is 0.242 e. The second-order valence-corrected chi connectivity index (χ2v) is 13.4. The lowest BCUT2D eigenvalue weighted by Crippen LogP contribution is -2.55. The van der Waals surface area contributed by atoms with Crippen LogP contribution in [-0.4, -0.2) is 74.2 Å². The van der Waals surface area contributed by atoms with Crippen molar-refractivity contribution in [2.24, 2.45) is 5.92 Å². The van der Waals surface area contributed by atoms with Gasteiger partial charge >= 0.3 is 0 Å². The summed E-state index contributed by atoms with van der Waals surface area (Å²) in [6.07, 6.45) is 9.25. The molecule has 0 radical (unpaired) electrons. The Bertz CT molecular complexity index is 1120. The van der Waals surface area contributed by atoms with Gasteiger partial charge in [0.15, 0.2) is 0 Å². The Labute approximate surface area is 227 Å². The monoisotopic (exact) mass is 570 g/mol. The first-order valence-corrected chi connectivity index (χ1v) is 15.7. The number of thiophene rings is 1. The molecule has 0 spiro atoms. The number of rotatable bonds is 10. The molecule has 1 aliphatic carbocycles. The van der Waals surface area contributed by atoms with Crippen molar-refractivity contribution < 1.29 is 22.8 Å². The van der Waals surface area contributed by atoms with Crippen LogP contribution in [-0.2, 0) is 24.4 Å².